The molecule has 1 saturated heterocycles. The van der Waals surface area contributed by atoms with E-state index in [2.05, 4.69) is 4.98 Å². The molecule has 3 aromatic rings. The number of fused-ring (bicyclic) bond motifs is 1. The van der Waals surface area contributed by atoms with Crippen LogP contribution in [-0.2, 0) is 38.0 Å². The number of hydrogen-bond donors (Lipinski definition) is 1. The molecule has 2 unspecified atom stereocenters. The van der Waals surface area contributed by atoms with Crippen molar-refractivity contribution < 1.29 is 57.5 Å². The summed E-state index contributed by atoms with van der Waals surface area (Å²) in [5.74, 6) is -4.89. The second-order valence-electron chi connectivity index (χ2n) is 14.4. The van der Waals surface area contributed by atoms with E-state index < -0.39 is 88.5 Å². The predicted octanol–water partition coefficient (Wildman–Crippen LogP) is 4.26. The first-order valence-corrected chi connectivity index (χ1v) is 16.9. The maximum atomic E-state index is 14.1. The van der Waals surface area contributed by atoms with Crippen LogP contribution in [0.1, 0.15) is 79.0 Å². The van der Waals surface area contributed by atoms with Crippen molar-refractivity contribution in [1.29, 1.82) is 0 Å². The van der Waals surface area contributed by atoms with Crippen LogP contribution in [-0.4, -0.2) is 87.3 Å². The van der Waals surface area contributed by atoms with E-state index in [-0.39, 0.29) is 23.1 Å². The summed E-state index contributed by atoms with van der Waals surface area (Å²) in [6, 6.07) is 19.3. The molecule has 2 heterocycles. The zero-order valence-corrected chi connectivity index (χ0v) is 29.6. The van der Waals surface area contributed by atoms with E-state index in [9.17, 15) is 29.1 Å². The minimum atomic E-state index is -2.21. The number of aromatic nitrogens is 1. The maximum absolute atomic E-state index is 14.1. The number of ether oxygens (including phenoxy) is 6. The van der Waals surface area contributed by atoms with E-state index in [1.54, 1.807) is 81.4 Å². The van der Waals surface area contributed by atoms with Crippen molar-refractivity contribution in [2.45, 2.75) is 95.3 Å². The van der Waals surface area contributed by atoms with Crippen molar-refractivity contribution in [1.82, 2.24) is 4.98 Å². The Labute approximate surface area is 300 Å². The van der Waals surface area contributed by atoms with Crippen LogP contribution in [0.2, 0.25) is 0 Å². The Bertz CT molecular complexity index is 1850. The van der Waals surface area contributed by atoms with Crippen LogP contribution in [0.5, 0.6) is 0 Å². The van der Waals surface area contributed by atoms with E-state index in [0.717, 1.165) is 13.8 Å². The van der Waals surface area contributed by atoms with E-state index in [1.165, 1.54) is 31.5 Å². The molecule has 0 radical (unpaired) electrons. The van der Waals surface area contributed by atoms with Crippen molar-refractivity contribution >= 4 is 29.8 Å². The van der Waals surface area contributed by atoms with Gasteiger partial charge >= 0.3 is 29.8 Å². The van der Waals surface area contributed by atoms with Crippen molar-refractivity contribution in [2.75, 3.05) is 0 Å². The first kappa shape index (κ1) is 36.6. The first-order chi connectivity index (χ1) is 24.5. The van der Waals surface area contributed by atoms with Crippen LogP contribution in [0.15, 0.2) is 85.2 Å². The minimum absolute atomic E-state index is 0.0225. The molecule has 274 valence electrons. The molecule has 2 saturated carbocycles. The van der Waals surface area contributed by atoms with E-state index in [1.807, 2.05) is 0 Å². The maximum Gasteiger partial charge on any atom is 0.340 e. The fourth-order valence-corrected chi connectivity index (χ4v) is 8.43. The molecular formula is C39H41NO12. The van der Waals surface area contributed by atoms with Crippen LogP contribution >= 0.6 is 0 Å². The van der Waals surface area contributed by atoms with Gasteiger partial charge in [-0.2, -0.15) is 0 Å². The van der Waals surface area contributed by atoms with Crippen molar-refractivity contribution in [3.05, 3.63) is 102 Å². The normalized spacial score (nSPS) is 32.8. The lowest BCUT2D eigenvalue weighted by atomic mass is 9.46. The molecule has 13 nitrogen and oxygen atoms in total. The summed E-state index contributed by atoms with van der Waals surface area (Å²) in [5.41, 5.74) is -6.75. The molecule has 1 N–H and O–H groups in total. The van der Waals surface area contributed by atoms with Crippen LogP contribution in [0.3, 0.4) is 0 Å². The SMILES string of the molecule is CC(=O)O[C@@H]1[C@H](OC(=O)c2cccnc2)[C@@]2(C)[C@@H](OC(=O)c3ccccc3)[C@@H](OC(=O)c3ccccc3)C3CC2(OC3(C)C)[C@@](C)(O)[C@H]1OC(C)=O. The first-order valence-electron chi connectivity index (χ1n) is 16.9. The fraction of sp³-hybridized carbons (Fsp3) is 0.436. The Morgan fingerprint density at radius 3 is 1.67 bits per heavy atom. The quantitative estimate of drug-likeness (QED) is 0.259. The molecule has 1 spiro atoms. The lowest BCUT2D eigenvalue weighted by Gasteiger charge is -2.66. The third-order valence-corrected chi connectivity index (χ3v) is 10.8. The van der Waals surface area contributed by atoms with Gasteiger partial charge in [-0.3, -0.25) is 14.6 Å². The Kier molecular flexibility index (Phi) is 9.47. The van der Waals surface area contributed by atoms with E-state index in [4.69, 9.17) is 28.4 Å². The van der Waals surface area contributed by atoms with Gasteiger partial charge in [0.25, 0.3) is 0 Å². The van der Waals surface area contributed by atoms with Gasteiger partial charge in [-0.25, -0.2) is 14.4 Å². The Balaban J connectivity index is 1.61. The molecule has 2 bridgehead atoms. The topological polar surface area (TPSA) is 174 Å². The predicted molar refractivity (Wildman–Crippen MR) is 181 cm³/mol. The number of nitrogens with zero attached hydrogens (tertiary/aromatic N) is 1. The molecule has 9 atom stereocenters. The van der Waals surface area contributed by atoms with Gasteiger partial charge in [0.05, 0.1) is 27.7 Å². The number of benzene rings is 2. The van der Waals surface area contributed by atoms with Crippen LogP contribution < -0.4 is 0 Å². The van der Waals surface area contributed by atoms with Gasteiger partial charge in [-0.05, 0) is 70.5 Å². The van der Waals surface area contributed by atoms with Crippen molar-refractivity contribution in [2.24, 2.45) is 11.3 Å². The highest BCUT2D eigenvalue weighted by atomic mass is 16.6. The Morgan fingerprint density at radius 1 is 0.654 bits per heavy atom. The fourth-order valence-electron chi connectivity index (χ4n) is 8.43. The van der Waals surface area contributed by atoms with Gasteiger partial charge in [-0.15, -0.1) is 0 Å². The Hall–Kier alpha value is -5.14. The summed E-state index contributed by atoms with van der Waals surface area (Å²) < 4.78 is 37.4. The molecule has 52 heavy (non-hydrogen) atoms. The molecule has 3 aliphatic rings. The molecule has 13 heteroatoms. The minimum Gasteiger partial charge on any atom is -0.455 e. The monoisotopic (exact) mass is 715 g/mol. The molecule has 2 aromatic carbocycles. The third kappa shape index (κ3) is 6.01. The summed E-state index contributed by atoms with van der Waals surface area (Å²) >= 11 is 0. The summed E-state index contributed by atoms with van der Waals surface area (Å²) in [4.78, 5) is 71.4. The van der Waals surface area contributed by atoms with Crippen LogP contribution in [0, 0.1) is 11.3 Å². The highest BCUT2D eigenvalue weighted by Crippen LogP contribution is 2.69. The number of hydrogen-bond acceptors (Lipinski definition) is 13. The van der Waals surface area contributed by atoms with Gasteiger partial charge in [0.1, 0.15) is 17.3 Å². The lowest BCUT2D eigenvalue weighted by Crippen LogP contribution is -2.84. The average Bonchev–Trinajstić information content (AvgIpc) is 3.39. The summed E-state index contributed by atoms with van der Waals surface area (Å²) in [6.07, 6.45) is -5.11. The largest absolute Gasteiger partial charge is 0.455 e. The van der Waals surface area contributed by atoms with Gasteiger partial charge in [0, 0.05) is 32.2 Å². The number of carbonyl (C=O) groups is 5. The smallest absolute Gasteiger partial charge is 0.340 e. The molecule has 6 rings (SSSR count). The Morgan fingerprint density at radius 2 is 1.15 bits per heavy atom. The second-order valence-corrected chi connectivity index (χ2v) is 14.4. The third-order valence-electron chi connectivity index (χ3n) is 10.8. The van der Waals surface area contributed by atoms with Crippen LogP contribution in [0.4, 0.5) is 0 Å². The van der Waals surface area contributed by atoms with Crippen molar-refractivity contribution in [3.63, 3.8) is 0 Å². The zero-order valence-electron chi connectivity index (χ0n) is 29.6. The summed E-state index contributed by atoms with van der Waals surface area (Å²) in [7, 11) is 0. The standard InChI is InChI=1S/C39H41NO12/c1-22(41)47-29-31(51-35(45)26-18-13-19-40-21-26)37(5)30(50-34(44)25-16-11-8-12-17-25)28(49-33(43)24-14-9-7-10-15-24)27-20-39(37,52-36(27,3)4)38(6,46)32(29)48-23(2)42/h7-19,21,27-32,46H,20H2,1-6H3/t27?,28-,29+,30-,31-,32-,37+,38-,39?/m0/s1. The summed E-state index contributed by atoms with van der Waals surface area (Å²) in [5, 5.41) is 12.8. The molecule has 1 aliphatic heterocycles. The number of esters is 5. The number of aliphatic hydroxyl groups is 1. The van der Waals surface area contributed by atoms with E-state index >= 15 is 0 Å². The number of rotatable bonds is 8. The van der Waals surface area contributed by atoms with E-state index in [0.29, 0.717) is 0 Å². The van der Waals surface area contributed by atoms with Gasteiger partial charge in [0.15, 0.2) is 24.4 Å². The lowest BCUT2D eigenvalue weighted by molar-refractivity contribution is -0.356. The highest BCUT2D eigenvalue weighted by Gasteiger charge is 2.85. The molecule has 1 aromatic heterocycles. The number of pyridine rings is 1. The molecule has 0 amide bonds. The molecule has 3 fully saturated rings. The number of carbonyl (C=O) groups excluding carboxylic acids is 5. The summed E-state index contributed by atoms with van der Waals surface area (Å²) in [6.45, 7) is 8.64. The van der Waals surface area contributed by atoms with Crippen molar-refractivity contribution in [3.8, 4) is 0 Å². The second kappa shape index (κ2) is 13.4. The van der Waals surface area contributed by atoms with Crippen LogP contribution in [0.25, 0.3) is 0 Å². The van der Waals surface area contributed by atoms with Gasteiger partial charge < -0.3 is 33.5 Å². The van der Waals surface area contributed by atoms with Gasteiger partial charge in [-0.1, -0.05) is 36.4 Å². The molecular weight excluding hydrogens is 674 g/mol. The molecule has 2 aliphatic carbocycles. The average molecular weight is 716 g/mol. The highest BCUT2D eigenvalue weighted by molar-refractivity contribution is 5.91. The zero-order chi connectivity index (χ0) is 37.6. The van der Waals surface area contributed by atoms with Gasteiger partial charge in [0.2, 0.25) is 0 Å².